The highest BCUT2D eigenvalue weighted by atomic mass is 16.5. The molecule has 7 heteroatoms. The van der Waals surface area contributed by atoms with Gasteiger partial charge in [0.2, 0.25) is 0 Å². The van der Waals surface area contributed by atoms with Crippen molar-refractivity contribution >= 4 is 28.0 Å². The molecular formula is C22H21N5O2. The van der Waals surface area contributed by atoms with E-state index in [0.717, 1.165) is 16.9 Å². The van der Waals surface area contributed by atoms with E-state index in [-0.39, 0.29) is 11.5 Å². The summed E-state index contributed by atoms with van der Waals surface area (Å²) in [6.45, 7) is 3.19. The molecule has 0 aliphatic heterocycles. The summed E-state index contributed by atoms with van der Waals surface area (Å²) in [5, 5.41) is 26.8. The van der Waals surface area contributed by atoms with Gasteiger partial charge in [-0.15, -0.1) is 10.2 Å². The Morgan fingerprint density at radius 1 is 1.14 bits per heavy atom. The SMILES string of the molecule is COc1cc2c(cc1/C(C(C)=N)=C(\C)O)ncc1nnc(Cc3ccccc3)n12. The van der Waals surface area contributed by atoms with Crippen molar-refractivity contribution in [3.8, 4) is 5.75 Å². The molecule has 0 saturated carbocycles. The van der Waals surface area contributed by atoms with E-state index in [1.165, 1.54) is 0 Å². The zero-order chi connectivity index (χ0) is 20.5. The van der Waals surface area contributed by atoms with Crippen LogP contribution < -0.4 is 4.74 Å². The van der Waals surface area contributed by atoms with Gasteiger partial charge in [0.05, 0.1) is 30.1 Å². The zero-order valence-electron chi connectivity index (χ0n) is 16.5. The number of allylic oxidation sites excluding steroid dienone is 2. The first-order chi connectivity index (χ1) is 14.0. The van der Waals surface area contributed by atoms with Crippen molar-refractivity contribution in [3.63, 3.8) is 0 Å². The highest BCUT2D eigenvalue weighted by molar-refractivity contribution is 6.22. The van der Waals surface area contributed by atoms with Gasteiger partial charge in [-0.25, -0.2) is 0 Å². The number of hydrogen-bond acceptors (Lipinski definition) is 6. The van der Waals surface area contributed by atoms with Crippen LogP contribution in [0.5, 0.6) is 5.75 Å². The lowest BCUT2D eigenvalue weighted by atomic mass is 9.99. The standard InChI is InChI=1S/C22H21N5O2/c1-13(23)22(14(2)28)16-10-17-18(11-19(16)29-3)27-20(25-26-21(27)12-24-17)9-15-7-5-4-6-8-15/h4-8,10-12,23,28H,9H2,1-3H3/b22-14+,23-13?. The van der Waals surface area contributed by atoms with Crippen molar-refractivity contribution in [2.45, 2.75) is 20.3 Å². The Hall–Kier alpha value is -3.74. The number of methoxy groups -OCH3 is 1. The van der Waals surface area contributed by atoms with E-state index in [1.54, 1.807) is 27.2 Å². The van der Waals surface area contributed by atoms with Crippen molar-refractivity contribution in [2.24, 2.45) is 0 Å². The number of benzene rings is 2. The number of nitrogens with zero attached hydrogens (tertiary/aromatic N) is 4. The fourth-order valence-electron chi connectivity index (χ4n) is 3.57. The predicted molar refractivity (Wildman–Crippen MR) is 113 cm³/mol. The number of hydrogen-bond donors (Lipinski definition) is 2. The minimum absolute atomic E-state index is 0.0605. The smallest absolute Gasteiger partial charge is 0.179 e. The number of aliphatic hydroxyl groups is 1. The lowest BCUT2D eigenvalue weighted by molar-refractivity contribution is 0.409. The molecule has 2 aromatic heterocycles. The molecule has 2 heterocycles. The number of fused-ring (bicyclic) bond motifs is 3. The van der Waals surface area contributed by atoms with Crippen LogP contribution in [-0.2, 0) is 6.42 Å². The molecule has 7 nitrogen and oxygen atoms in total. The van der Waals surface area contributed by atoms with Gasteiger partial charge in [0.1, 0.15) is 11.6 Å². The molecule has 29 heavy (non-hydrogen) atoms. The molecule has 0 unspecified atom stereocenters. The Labute approximate surface area is 167 Å². The van der Waals surface area contributed by atoms with Gasteiger partial charge in [0.15, 0.2) is 5.65 Å². The van der Waals surface area contributed by atoms with Gasteiger partial charge in [0.25, 0.3) is 0 Å². The minimum Gasteiger partial charge on any atom is -0.512 e. The Kier molecular flexibility index (Phi) is 4.72. The molecule has 0 radical (unpaired) electrons. The van der Waals surface area contributed by atoms with Crippen molar-refractivity contribution in [3.05, 3.63) is 71.4 Å². The van der Waals surface area contributed by atoms with Crippen molar-refractivity contribution in [1.29, 1.82) is 5.41 Å². The van der Waals surface area contributed by atoms with Gasteiger partial charge in [-0.3, -0.25) is 9.38 Å². The monoisotopic (exact) mass is 387 g/mol. The number of nitrogens with one attached hydrogen (secondary N) is 1. The molecule has 0 amide bonds. The minimum atomic E-state index is 0.0605. The topological polar surface area (TPSA) is 96.4 Å². The summed E-state index contributed by atoms with van der Waals surface area (Å²) in [6, 6.07) is 13.8. The first-order valence-electron chi connectivity index (χ1n) is 9.20. The second-order valence-electron chi connectivity index (χ2n) is 6.86. The second-order valence-corrected chi connectivity index (χ2v) is 6.86. The summed E-state index contributed by atoms with van der Waals surface area (Å²) >= 11 is 0. The average Bonchev–Trinajstić information content (AvgIpc) is 3.11. The lowest BCUT2D eigenvalue weighted by Crippen LogP contribution is -2.04. The molecule has 0 aliphatic rings. The number of ether oxygens (including phenoxy) is 1. The summed E-state index contributed by atoms with van der Waals surface area (Å²) in [6.07, 6.45) is 2.30. The van der Waals surface area contributed by atoms with E-state index in [9.17, 15) is 5.11 Å². The predicted octanol–water partition coefficient (Wildman–Crippen LogP) is 4.21. The van der Waals surface area contributed by atoms with E-state index >= 15 is 0 Å². The molecule has 0 bridgehead atoms. The van der Waals surface area contributed by atoms with Crippen LogP contribution in [0.1, 0.15) is 30.8 Å². The maximum atomic E-state index is 10.1. The van der Waals surface area contributed by atoms with E-state index in [0.29, 0.717) is 34.5 Å². The largest absolute Gasteiger partial charge is 0.512 e. The first-order valence-corrected chi connectivity index (χ1v) is 9.20. The Morgan fingerprint density at radius 2 is 1.90 bits per heavy atom. The van der Waals surface area contributed by atoms with Crippen molar-refractivity contribution < 1.29 is 9.84 Å². The van der Waals surface area contributed by atoms with Crippen molar-refractivity contribution in [1.82, 2.24) is 19.6 Å². The van der Waals surface area contributed by atoms with Crippen LogP contribution in [0.15, 0.2) is 54.4 Å². The Morgan fingerprint density at radius 3 is 2.55 bits per heavy atom. The summed E-state index contributed by atoms with van der Waals surface area (Å²) in [4.78, 5) is 4.51. The summed E-state index contributed by atoms with van der Waals surface area (Å²) in [5.41, 5.74) is 4.58. The number of aliphatic hydroxyl groups excluding tert-OH is 1. The molecule has 4 rings (SSSR count). The highest BCUT2D eigenvalue weighted by Crippen LogP contribution is 2.33. The van der Waals surface area contributed by atoms with Gasteiger partial charge in [-0.1, -0.05) is 30.3 Å². The summed E-state index contributed by atoms with van der Waals surface area (Å²) in [5.74, 6) is 1.40. The van der Waals surface area contributed by atoms with Gasteiger partial charge >= 0.3 is 0 Å². The number of rotatable bonds is 5. The van der Waals surface area contributed by atoms with Gasteiger partial charge in [0, 0.05) is 29.3 Å². The Bertz CT molecular complexity index is 1250. The lowest BCUT2D eigenvalue weighted by Gasteiger charge is -2.14. The molecule has 2 aromatic carbocycles. The van der Waals surface area contributed by atoms with Crippen LogP contribution in [0.3, 0.4) is 0 Å². The van der Waals surface area contributed by atoms with Crippen molar-refractivity contribution in [2.75, 3.05) is 7.11 Å². The summed E-state index contributed by atoms with van der Waals surface area (Å²) < 4.78 is 7.56. The molecule has 0 aliphatic carbocycles. The van der Waals surface area contributed by atoms with Crippen LogP contribution in [0.4, 0.5) is 0 Å². The average molecular weight is 387 g/mol. The molecular weight excluding hydrogens is 366 g/mol. The molecule has 146 valence electrons. The molecule has 2 N–H and O–H groups in total. The fourth-order valence-corrected chi connectivity index (χ4v) is 3.57. The normalized spacial score (nSPS) is 12.2. The third-order valence-electron chi connectivity index (χ3n) is 4.82. The molecule has 0 spiro atoms. The van der Waals surface area contributed by atoms with Crippen LogP contribution in [0.25, 0.3) is 22.3 Å². The number of aromatic nitrogens is 4. The van der Waals surface area contributed by atoms with E-state index in [2.05, 4.69) is 27.3 Å². The quantitative estimate of drug-likeness (QED) is 0.395. The molecule has 0 fully saturated rings. The van der Waals surface area contributed by atoms with E-state index in [4.69, 9.17) is 10.1 Å². The van der Waals surface area contributed by atoms with Crippen LogP contribution in [-0.4, -0.2) is 37.5 Å². The van der Waals surface area contributed by atoms with Crippen LogP contribution in [0.2, 0.25) is 0 Å². The van der Waals surface area contributed by atoms with E-state index in [1.807, 2.05) is 34.7 Å². The fraction of sp³-hybridized carbons (Fsp3) is 0.182. The van der Waals surface area contributed by atoms with Crippen LogP contribution >= 0.6 is 0 Å². The summed E-state index contributed by atoms with van der Waals surface area (Å²) in [7, 11) is 1.57. The third kappa shape index (κ3) is 3.31. The maximum Gasteiger partial charge on any atom is 0.179 e. The van der Waals surface area contributed by atoms with Crippen LogP contribution in [0, 0.1) is 5.41 Å². The van der Waals surface area contributed by atoms with Gasteiger partial charge < -0.3 is 15.3 Å². The Balaban J connectivity index is 1.96. The van der Waals surface area contributed by atoms with Gasteiger partial charge in [-0.2, -0.15) is 0 Å². The molecule has 0 saturated heterocycles. The zero-order valence-corrected chi connectivity index (χ0v) is 16.5. The second kappa shape index (κ2) is 7.35. The third-order valence-corrected chi connectivity index (χ3v) is 4.82. The first kappa shape index (κ1) is 18.6. The van der Waals surface area contributed by atoms with Gasteiger partial charge in [-0.05, 0) is 25.5 Å². The molecule has 4 aromatic rings. The highest BCUT2D eigenvalue weighted by Gasteiger charge is 2.18. The van der Waals surface area contributed by atoms with E-state index < -0.39 is 0 Å². The molecule has 0 atom stereocenters. The maximum absolute atomic E-state index is 10.1.